The van der Waals surface area contributed by atoms with Crippen molar-refractivity contribution in [3.63, 3.8) is 0 Å². The highest BCUT2D eigenvalue weighted by atomic mass is 32.2. The Kier molecular flexibility index (Phi) is 7.02. The summed E-state index contributed by atoms with van der Waals surface area (Å²) in [4.78, 5) is 11.3. The molecule has 0 bridgehead atoms. The Morgan fingerprint density at radius 3 is 3.11 bits per heavy atom. The van der Waals surface area contributed by atoms with Crippen LogP contribution in [0.25, 0.3) is 0 Å². The van der Waals surface area contributed by atoms with Gasteiger partial charge in [-0.15, -0.1) is 5.10 Å². The third-order valence-electron chi connectivity index (χ3n) is 2.31. The van der Waals surface area contributed by atoms with E-state index in [1.807, 2.05) is 6.92 Å². The molecule has 8 heteroatoms. The van der Waals surface area contributed by atoms with E-state index in [-0.39, 0.29) is 5.69 Å². The van der Waals surface area contributed by atoms with Crippen molar-refractivity contribution in [1.29, 1.82) is 0 Å². The third kappa shape index (κ3) is 4.81. The SMILES string of the molecule is CCn1c(SCC(O)CNCCOC)n[nH]c1=O. The lowest BCUT2D eigenvalue weighted by atomic mass is 10.4. The number of thioether (sulfide) groups is 1. The van der Waals surface area contributed by atoms with E-state index in [2.05, 4.69) is 15.5 Å². The molecular formula is C10H20N4O3S. The van der Waals surface area contributed by atoms with Gasteiger partial charge in [-0.2, -0.15) is 0 Å². The van der Waals surface area contributed by atoms with Crippen LogP contribution in [0.5, 0.6) is 0 Å². The molecular weight excluding hydrogens is 256 g/mol. The Balaban J connectivity index is 2.29. The molecule has 0 aromatic carbocycles. The normalized spacial score (nSPS) is 12.8. The lowest BCUT2D eigenvalue weighted by Gasteiger charge is -2.10. The molecule has 1 rings (SSSR count). The summed E-state index contributed by atoms with van der Waals surface area (Å²) >= 11 is 1.36. The number of aromatic nitrogens is 3. The predicted octanol–water partition coefficient (Wildman–Crippen LogP) is -0.720. The van der Waals surface area contributed by atoms with Crippen LogP contribution in [0.3, 0.4) is 0 Å². The zero-order chi connectivity index (χ0) is 13.4. The summed E-state index contributed by atoms with van der Waals surface area (Å²) in [6.45, 7) is 4.27. The third-order valence-corrected chi connectivity index (χ3v) is 3.43. The predicted molar refractivity (Wildman–Crippen MR) is 70.0 cm³/mol. The van der Waals surface area contributed by atoms with Gasteiger partial charge in [0.2, 0.25) is 0 Å². The van der Waals surface area contributed by atoms with Gasteiger partial charge in [-0.05, 0) is 6.92 Å². The maximum atomic E-state index is 11.3. The highest BCUT2D eigenvalue weighted by molar-refractivity contribution is 7.99. The molecule has 1 heterocycles. The topological polar surface area (TPSA) is 92.2 Å². The lowest BCUT2D eigenvalue weighted by molar-refractivity contribution is 0.175. The minimum atomic E-state index is -0.482. The van der Waals surface area contributed by atoms with Gasteiger partial charge >= 0.3 is 5.69 Å². The number of methoxy groups -OCH3 is 1. The van der Waals surface area contributed by atoms with Crippen molar-refractivity contribution in [1.82, 2.24) is 20.1 Å². The number of hydrogen-bond acceptors (Lipinski definition) is 6. The van der Waals surface area contributed by atoms with Gasteiger partial charge in [0.25, 0.3) is 0 Å². The van der Waals surface area contributed by atoms with Crippen LogP contribution >= 0.6 is 11.8 Å². The Morgan fingerprint density at radius 1 is 1.67 bits per heavy atom. The molecule has 18 heavy (non-hydrogen) atoms. The van der Waals surface area contributed by atoms with E-state index in [1.165, 1.54) is 16.3 Å². The second kappa shape index (κ2) is 8.30. The van der Waals surface area contributed by atoms with Gasteiger partial charge in [-0.3, -0.25) is 4.57 Å². The zero-order valence-electron chi connectivity index (χ0n) is 10.7. The first-order valence-electron chi connectivity index (χ1n) is 5.84. The standard InChI is InChI=1S/C10H20N4O3S/c1-3-14-9(16)12-13-10(14)18-7-8(15)6-11-4-5-17-2/h8,11,15H,3-7H2,1-2H3,(H,12,16). The van der Waals surface area contributed by atoms with Gasteiger partial charge in [0.05, 0.1) is 12.7 Å². The van der Waals surface area contributed by atoms with Gasteiger partial charge in [0.1, 0.15) is 0 Å². The van der Waals surface area contributed by atoms with Crippen molar-refractivity contribution in [3.05, 3.63) is 10.5 Å². The number of aliphatic hydroxyl groups excluding tert-OH is 1. The number of aliphatic hydroxyl groups is 1. The molecule has 0 fully saturated rings. The fourth-order valence-electron chi connectivity index (χ4n) is 1.36. The highest BCUT2D eigenvalue weighted by Crippen LogP contribution is 2.13. The van der Waals surface area contributed by atoms with Crippen LogP contribution in [0.1, 0.15) is 6.92 Å². The molecule has 3 N–H and O–H groups in total. The van der Waals surface area contributed by atoms with E-state index in [1.54, 1.807) is 7.11 Å². The summed E-state index contributed by atoms with van der Waals surface area (Å²) in [5, 5.41) is 19.7. The molecule has 1 aromatic rings. The summed E-state index contributed by atoms with van der Waals surface area (Å²) in [6, 6.07) is 0. The first-order valence-corrected chi connectivity index (χ1v) is 6.83. The smallest absolute Gasteiger partial charge is 0.343 e. The average molecular weight is 276 g/mol. The number of rotatable bonds is 9. The summed E-state index contributed by atoms with van der Waals surface area (Å²) < 4.78 is 6.42. The number of hydrogen-bond donors (Lipinski definition) is 3. The van der Waals surface area contributed by atoms with Crippen molar-refractivity contribution in [2.24, 2.45) is 0 Å². The average Bonchev–Trinajstić information content (AvgIpc) is 2.72. The monoisotopic (exact) mass is 276 g/mol. The van der Waals surface area contributed by atoms with E-state index in [4.69, 9.17) is 4.74 Å². The molecule has 0 spiro atoms. The molecule has 0 aliphatic heterocycles. The summed E-state index contributed by atoms with van der Waals surface area (Å²) in [7, 11) is 1.63. The number of aromatic amines is 1. The van der Waals surface area contributed by atoms with Gasteiger partial charge in [-0.1, -0.05) is 11.8 Å². The van der Waals surface area contributed by atoms with Crippen molar-refractivity contribution in [3.8, 4) is 0 Å². The van der Waals surface area contributed by atoms with Gasteiger partial charge in [-0.25, -0.2) is 9.89 Å². The Labute approximate surface area is 110 Å². The van der Waals surface area contributed by atoms with Crippen molar-refractivity contribution < 1.29 is 9.84 Å². The molecule has 1 aromatic heterocycles. The van der Waals surface area contributed by atoms with Crippen LogP contribution in [0.15, 0.2) is 9.95 Å². The molecule has 7 nitrogen and oxygen atoms in total. The van der Waals surface area contributed by atoms with Gasteiger partial charge in [0, 0.05) is 32.5 Å². The Morgan fingerprint density at radius 2 is 2.44 bits per heavy atom. The summed E-state index contributed by atoms with van der Waals surface area (Å²) in [5.74, 6) is 0.490. The molecule has 0 aliphatic rings. The molecule has 104 valence electrons. The van der Waals surface area contributed by atoms with Crippen LogP contribution in [0.2, 0.25) is 0 Å². The summed E-state index contributed by atoms with van der Waals surface area (Å²) in [5.41, 5.74) is -0.215. The van der Waals surface area contributed by atoms with Gasteiger partial charge < -0.3 is 15.2 Å². The van der Waals surface area contributed by atoms with Crippen molar-refractivity contribution in [2.45, 2.75) is 24.7 Å². The van der Waals surface area contributed by atoms with E-state index >= 15 is 0 Å². The number of nitrogens with one attached hydrogen (secondary N) is 2. The summed E-state index contributed by atoms with van der Waals surface area (Å²) in [6.07, 6.45) is -0.482. The largest absolute Gasteiger partial charge is 0.391 e. The molecule has 0 saturated carbocycles. The van der Waals surface area contributed by atoms with E-state index in [0.717, 1.165) is 0 Å². The van der Waals surface area contributed by atoms with Crippen molar-refractivity contribution in [2.75, 3.05) is 32.6 Å². The number of H-pyrrole nitrogens is 1. The molecule has 0 saturated heterocycles. The first-order chi connectivity index (χ1) is 8.69. The fourth-order valence-corrected chi connectivity index (χ4v) is 2.30. The maximum absolute atomic E-state index is 11.3. The Hall–Kier alpha value is -0.830. The van der Waals surface area contributed by atoms with E-state index in [9.17, 15) is 9.90 Å². The second-order valence-electron chi connectivity index (χ2n) is 3.72. The maximum Gasteiger partial charge on any atom is 0.343 e. The number of ether oxygens (including phenoxy) is 1. The van der Waals surface area contributed by atoms with E-state index in [0.29, 0.717) is 37.2 Å². The molecule has 0 aliphatic carbocycles. The van der Waals surface area contributed by atoms with Crippen molar-refractivity contribution >= 4 is 11.8 Å². The fraction of sp³-hybridized carbons (Fsp3) is 0.800. The van der Waals surface area contributed by atoms with Crippen LogP contribution in [0, 0.1) is 0 Å². The van der Waals surface area contributed by atoms with E-state index < -0.39 is 6.10 Å². The second-order valence-corrected chi connectivity index (χ2v) is 4.70. The van der Waals surface area contributed by atoms with Crippen LogP contribution in [0.4, 0.5) is 0 Å². The molecule has 1 atom stereocenters. The minimum Gasteiger partial charge on any atom is -0.391 e. The van der Waals surface area contributed by atoms with Crippen LogP contribution < -0.4 is 11.0 Å². The molecule has 0 amide bonds. The van der Waals surface area contributed by atoms with Gasteiger partial charge in [0.15, 0.2) is 5.16 Å². The minimum absolute atomic E-state index is 0.215. The van der Waals surface area contributed by atoms with Crippen LogP contribution in [-0.2, 0) is 11.3 Å². The first kappa shape index (κ1) is 15.2. The molecule has 0 radical (unpaired) electrons. The number of nitrogens with zero attached hydrogens (tertiary/aromatic N) is 2. The lowest BCUT2D eigenvalue weighted by Crippen LogP contribution is -2.30. The molecule has 1 unspecified atom stereocenters. The highest BCUT2D eigenvalue weighted by Gasteiger charge is 2.10. The van der Waals surface area contributed by atoms with Crippen LogP contribution in [-0.4, -0.2) is 58.5 Å². The quantitative estimate of drug-likeness (QED) is 0.407. The zero-order valence-corrected chi connectivity index (χ0v) is 11.5. The Bertz CT molecular complexity index is 393.